The number of aryl methyl sites for hydroxylation is 1. The van der Waals surface area contributed by atoms with Crippen LogP contribution in [-0.4, -0.2) is 34.1 Å². The van der Waals surface area contributed by atoms with E-state index in [4.69, 9.17) is 5.11 Å². The molecule has 0 aliphatic carbocycles. The molecule has 5 heteroatoms. The lowest BCUT2D eigenvalue weighted by atomic mass is 10.2. The molecule has 0 spiro atoms. The number of hydrogen-bond acceptors (Lipinski definition) is 4. The smallest absolute Gasteiger partial charge is 0.339 e. The minimum atomic E-state index is -0.987. The van der Waals surface area contributed by atoms with E-state index >= 15 is 0 Å². The molecule has 5 nitrogen and oxygen atoms in total. The summed E-state index contributed by atoms with van der Waals surface area (Å²) in [5.74, 6) is -0.402. The van der Waals surface area contributed by atoms with Crippen LogP contribution >= 0.6 is 0 Å². The van der Waals surface area contributed by atoms with Crippen LogP contribution in [0.3, 0.4) is 0 Å². The van der Waals surface area contributed by atoms with Gasteiger partial charge in [0.15, 0.2) is 0 Å². The van der Waals surface area contributed by atoms with Crippen molar-refractivity contribution >= 4 is 11.9 Å². The molecule has 0 aromatic carbocycles. The molecule has 0 saturated carbocycles. The van der Waals surface area contributed by atoms with Gasteiger partial charge in [0.2, 0.25) is 5.95 Å². The fourth-order valence-corrected chi connectivity index (χ4v) is 1.32. The molecule has 1 N–H and O–H groups in total. The van der Waals surface area contributed by atoms with Crippen LogP contribution in [0.25, 0.3) is 0 Å². The Morgan fingerprint density at radius 1 is 1.47 bits per heavy atom. The van der Waals surface area contributed by atoms with Crippen LogP contribution < -0.4 is 4.90 Å². The first-order chi connectivity index (χ1) is 7.10. The predicted molar refractivity (Wildman–Crippen MR) is 57.3 cm³/mol. The second-order valence-corrected chi connectivity index (χ2v) is 3.15. The van der Waals surface area contributed by atoms with Crippen LogP contribution in [-0.2, 0) is 0 Å². The summed E-state index contributed by atoms with van der Waals surface area (Å²) in [4.78, 5) is 20.9. The molecule has 0 amide bonds. The van der Waals surface area contributed by atoms with Crippen LogP contribution in [0.2, 0.25) is 0 Å². The zero-order valence-electron chi connectivity index (χ0n) is 9.19. The molecule has 0 bridgehead atoms. The van der Waals surface area contributed by atoms with Crippen molar-refractivity contribution in [1.82, 2.24) is 9.97 Å². The molecule has 1 aromatic heterocycles. The number of carbonyl (C=O) groups is 1. The number of anilines is 1. The van der Waals surface area contributed by atoms with Gasteiger partial charge >= 0.3 is 5.97 Å². The molecular weight excluding hydrogens is 194 g/mol. The van der Waals surface area contributed by atoms with E-state index in [1.807, 2.05) is 18.7 Å². The van der Waals surface area contributed by atoms with Crippen LogP contribution in [0, 0.1) is 6.92 Å². The number of hydrogen-bond donors (Lipinski definition) is 1. The Labute approximate surface area is 88.8 Å². The van der Waals surface area contributed by atoms with E-state index in [0.717, 1.165) is 13.1 Å². The van der Waals surface area contributed by atoms with Crippen molar-refractivity contribution in [2.24, 2.45) is 0 Å². The Balaban J connectivity index is 3.05. The number of carboxylic acid groups (broad SMARTS) is 1. The Hall–Kier alpha value is -1.65. The molecule has 1 rings (SSSR count). The first-order valence-corrected chi connectivity index (χ1v) is 4.92. The highest BCUT2D eigenvalue weighted by atomic mass is 16.4. The monoisotopic (exact) mass is 209 g/mol. The number of aromatic nitrogens is 2. The van der Waals surface area contributed by atoms with Gasteiger partial charge in [-0.25, -0.2) is 14.8 Å². The molecule has 0 aliphatic rings. The highest BCUT2D eigenvalue weighted by Crippen LogP contribution is 2.10. The maximum absolute atomic E-state index is 10.7. The van der Waals surface area contributed by atoms with Crippen LogP contribution in [0.1, 0.15) is 29.9 Å². The topological polar surface area (TPSA) is 66.3 Å². The quantitative estimate of drug-likeness (QED) is 0.810. The van der Waals surface area contributed by atoms with E-state index in [1.165, 1.54) is 6.20 Å². The highest BCUT2D eigenvalue weighted by molar-refractivity contribution is 5.88. The second kappa shape index (κ2) is 4.72. The van der Waals surface area contributed by atoms with Crippen molar-refractivity contribution in [3.63, 3.8) is 0 Å². The average Bonchev–Trinajstić information content (AvgIpc) is 2.19. The largest absolute Gasteiger partial charge is 0.478 e. The van der Waals surface area contributed by atoms with Gasteiger partial charge in [0.25, 0.3) is 0 Å². The summed E-state index contributed by atoms with van der Waals surface area (Å²) in [5.41, 5.74) is 0.658. The van der Waals surface area contributed by atoms with Crippen molar-refractivity contribution in [1.29, 1.82) is 0 Å². The lowest BCUT2D eigenvalue weighted by Gasteiger charge is -2.18. The fourth-order valence-electron chi connectivity index (χ4n) is 1.32. The number of rotatable bonds is 4. The zero-order valence-corrected chi connectivity index (χ0v) is 9.19. The third-order valence-corrected chi connectivity index (χ3v) is 2.24. The normalized spacial score (nSPS) is 10.1. The lowest BCUT2D eigenvalue weighted by molar-refractivity contribution is 0.0695. The first-order valence-electron chi connectivity index (χ1n) is 4.92. The second-order valence-electron chi connectivity index (χ2n) is 3.15. The van der Waals surface area contributed by atoms with Gasteiger partial charge in [0.05, 0.1) is 11.3 Å². The summed E-state index contributed by atoms with van der Waals surface area (Å²) < 4.78 is 0. The third kappa shape index (κ3) is 2.43. The van der Waals surface area contributed by atoms with Crippen LogP contribution in [0.15, 0.2) is 6.20 Å². The fraction of sp³-hybridized carbons (Fsp3) is 0.500. The van der Waals surface area contributed by atoms with E-state index in [0.29, 0.717) is 11.6 Å². The minimum Gasteiger partial charge on any atom is -0.478 e. The molecule has 0 aliphatic heterocycles. The molecule has 82 valence electrons. The molecular formula is C10H15N3O2. The van der Waals surface area contributed by atoms with Crippen LogP contribution in [0.4, 0.5) is 5.95 Å². The highest BCUT2D eigenvalue weighted by Gasteiger charge is 2.12. The van der Waals surface area contributed by atoms with E-state index in [9.17, 15) is 4.79 Å². The molecule has 0 saturated heterocycles. The lowest BCUT2D eigenvalue weighted by Crippen LogP contribution is -2.24. The zero-order chi connectivity index (χ0) is 11.4. The van der Waals surface area contributed by atoms with E-state index in [2.05, 4.69) is 9.97 Å². The summed E-state index contributed by atoms with van der Waals surface area (Å²) in [7, 11) is 0. The maximum Gasteiger partial charge on any atom is 0.339 e. The van der Waals surface area contributed by atoms with Gasteiger partial charge in [-0.05, 0) is 20.8 Å². The van der Waals surface area contributed by atoms with E-state index < -0.39 is 5.97 Å². The third-order valence-electron chi connectivity index (χ3n) is 2.24. The van der Waals surface area contributed by atoms with Gasteiger partial charge in [-0.1, -0.05) is 0 Å². The number of nitrogens with zero attached hydrogens (tertiary/aromatic N) is 3. The SMILES string of the molecule is CCN(CC)c1ncc(C(=O)O)c(C)n1. The Kier molecular flexibility index (Phi) is 3.60. The molecule has 1 heterocycles. The summed E-state index contributed by atoms with van der Waals surface area (Å²) in [6.07, 6.45) is 1.36. The minimum absolute atomic E-state index is 0.158. The Bertz CT molecular complexity index is 362. The molecule has 0 radical (unpaired) electrons. The summed E-state index contributed by atoms with van der Waals surface area (Å²) in [5, 5.41) is 8.82. The number of aromatic carboxylic acids is 1. The standard InChI is InChI=1S/C10H15N3O2/c1-4-13(5-2)10-11-6-8(9(14)15)7(3)12-10/h6H,4-5H2,1-3H3,(H,14,15). The molecule has 0 atom stereocenters. The van der Waals surface area contributed by atoms with Gasteiger partial charge < -0.3 is 10.0 Å². The van der Waals surface area contributed by atoms with Crippen molar-refractivity contribution in [2.75, 3.05) is 18.0 Å². The molecule has 0 fully saturated rings. The first kappa shape index (κ1) is 11.4. The summed E-state index contributed by atoms with van der Waals surface area (Å²) in [6.45, 7) is 7.31. The summed E-state index contributed by atoms with van der Waals surface area (Å²) >= 11 is 0. The maximum atomic E-state index is 10.7. The molecule has 0 unspecified atom stereocenters. The van der Waals surface area contributed by atoms with Crippen molar-refractivity contribution < 1.29 is 9.90 Å². The molecule has 15 heavy (non-hydrogen) atoms. The van der Waals surface area contributed by atoms with Crippen LogP contribution in [0.5, 0.6) is 0 Å². The van der Waals surface area contributed by atoms with Crippen molar-refractivity contribution in [3.05, 3.63) is 17.5 Å². The van der Waals surface area contributed by atoms with Gasteiger partial charge in [0.1, 0.15) is 0 Å². The van der Waals surface area contributed by atoms with Crippen molar-refractivity contribution in [3.8, 4) is 0 Å². The Morgan fingerprint density at radius 2 is 2.07 bits per heavy atom. The van der Waals surface area contributed by atoms with E-state index in [1.54, 1.807) is 6.92 Å². The summed E-state index contributed by atoms with van der Waals surface area (Å²) in [6, 6.07) is 0. The van der Waals surface area contributed by atoms with E-state index in [-0.39, 0.29) is 5.56 Å². The van der Waals surface area contributed by atoms with Gasteiger partial charge in [-0.2, -0.15) is 0 Å². The van der Waals surface area contributed by atoms with Gasteiger partial charge in [0, 0.05) is 19.3 Å². The predicted octanol–water partition coefficient (Wildman–Crippen LogP) is 1.33. The van der Waals surface area contributed by atoms with Crippen molar-refractivity contribution in [2.45, 2.75) is 20.8 Å². The number of carboxylic acids is 1. The molecule has 1 aromatic rings. The van der Waals surface area contributed by atoms with Gasteiger partial charge in [-0.3, -0.25) is 0 Å². The average molecular weight is 209 g/mol. The Morgan fingerprint density at radius 3 is 2.47 bits per heavy atom. The van der Waals surface area contributed by atoms with Gasteiger partial charge in [-0.15, -0.1) is 0 Å².